The van der Waals surface area contributed by atoms with Crippen molar-refractivity contribution in [2.24, 2.45) is 5.92 Å². The molecule has 3 aromatic rings. The van der Waals surface area contributed by atoms with Gasteiger partial charge in [-0.2, -0.15) is 0 Å². The van der Waals surface area contributed by atoms with Crippen molar-refractivity contribution in [3.8, 4) is 5.75 Å². The Balaban J connectivity index is 1.23. The Morgan fingerprint density at radius 1 is 1.09 bits per heavy atom. The van der Waals surface area contributed by atoms with Crippen LogP contribution in [0.4, 0.5) is 0 Å². The van der Waals surface area contributed by atoms with Crippen LogP contribution in [-0.2, 0) is 16.3 Å². The lowest BCUT2D eigenvalue weighted by Gasteiger charge is -2.32. The van der Waals surface area contributed by atoms with Crippen LogP contribution in [0.2, 0.25) is 5.02 Å². The summed E-state index contributed by atoms with van der Waals surface area (Å²) in [5.74, 6) is 0.879. The third-order valence-electron chi connectivity index (χ3n) is 6.81. The van der Waals surface area contributed by atoms with E-state index in [1.165, 1.54) is 5.56 Å². The fourth-order valence-corrected chi connectivity index (χ4v) is 6.44. The number of hydrogen-bond acceptors (Lipinski definition) is 5. The number of rotatable bonds is 11. The van der Waals surface area contributed by atoms with Gasteiger partial charge in [0, 0.05) is 54.8 Å². The van der Waals surface area contributed by atoms with E-state index in [4.69, 9.17) is 16.3 Å². The van der Waals surface area contributed by atoms with Gasteiger partial charge in [0.1, 0.15) is 5.75 Å². The van der Waals surface area contributed by atoms with Crippen LogP contribution in [-0.4, -0.2) is 75.3 Å². The lowest BCUT2D eigenvalue weighted by atomic mass is 10.0. The Kier molecular flexibility index (Phi) is 8.76. The van der Waals surface area contributed by atoms with Gasteiger partial charge < -0.3 is 19.5 Å². The average Bonchev–Trinajstić information content (AvgIpc) is 3.23. The lowest BCUT2D eigenvalue weighted by molar-refractivity contribution is 0.145. The van der Waals surface area contributed by atoms with E-state index in [9.17, 15) is 8.42 Å². The van der Waals surface area contributed by atoms with Crippen LogP contribution in [0, 0.1) is 5.92 Å². The first kappa shape index (κ1) is 26.0. The summed E-state index contributed by atoms with van der Waals surface area (Å²) in [4.78, 5) is 8.43. The average molecular weight is 518 g/mol. The monoisotopic (exact) mass is 517 g/mol. The standard InChI is InChI=1S/C27H36ClN3O3S/c1-21(4-5-22-19-29-27-11-6-23(28)18-26(22)27)20-35(32,33)25-9-7-24(8-10-25)34-17-3-12-31-15-13-30(2)14-16-31/h6-11,18-19,21,29H,3-5,12-17,20H2,1-2H3. The molecule has 1 aliphatic rings. The maximum Gasteiger partial charge on any atom is 0.178 e. The van der Waals surface area contributed by atoms with Crippen LogP contribution in [0.15, 0.2) is 53.6 Å². The van der Waals surface area contributed by atoms with E-state index in [2.05, 4.69) is 21.8 Å². The number of nitrogens with zero attached hydrogens (tertiary/aromatic N) is 2. The molecule has 0 radical (unpaired) electrons. The second-order valence-electron chi connectivity index (χ2n) is 9.75. The number of H-pyrrole nitrogens is 1. The van der Waals surface area contributed by atoms with Gasteiger partial charge in [0.15, 0.2) is 9.84 Å². The predicted molar refractivity (Wildman–Crippen MR) is 143 cm³/mol. The number of fused-ring (bicyclic) bond motifs is 1. The Labute approximate surface area is 214 Å². The molecule has 1 fully saturated rings. The summed E-state index contributed by atoms with van der Waals surface area (Å²) in [6, 6.07) is 12.7. The van der Waals surface area contributed by atoms with E-state index < -0.39 is 9.84 Å². The summed E-state index contributed by atoms with van der Waals surface area (Å²) in [5.41, 5.74) is 2.21. The molecular weight excluding hydrogens is 482 g/mol. The number of hydrogen-bond donors (Lipinski definition) is 1. The van der Waals surface area contributed by atoms with Crippen molar-refractivity contribution >= 4 is 32.3 Å². The van der Waals surface area contributed by atoms with Crippen LogP contribution >= 0.6 is 11.6 Å². The normalized spacial score (nSPS) is 16.5. The number of benzene rings is 2. The van der Waals surface area contributed by atoms with Crippen molar-refractivity contribution in [3.05, 3.63) is 59.2 Å². The number of nitrogens with one attached hydrogen (secondary N) is 1. The minimum Gasteiger partial charge on any atom is -0.494 e. The molecule has 0 bridgehead atoms. The molecule has 1 saturated heterocycles. The summed E-state index contributed by atoms with van der Waals surface area (Å²) >= 11 is 6.14. The number of halogens is 1. The first-order chi connectivity index (χ1) is 16.8. The lowest BCUT2D eigenvalue weighted by Crippen LogP contribution is -2.44. The maximum atomic E-state index is 13.0. The van der Waals surface area contributed by atoms with Gasteiger partial charge in [-0.25, -0.2) is 8.42 Å². The fourth-order valence-electron chi connectivity index (χ4n) is 4.61. The molecule has 2 aromatic carbocycles. The Hall–Kier alpha value is -2.06. The first-order valence-electron chi connectivity index (χ1n) is 12.4. The second kappa shape index (κ2) is 11.8. The molecule has 1 aromatic heterocycles. The molecule has 0 saturated carbocycles. The molecule has 1 aliphatic heterocycles. The molecule has 1 N–H and O–H groups in total. The molecule has 190 valence electrons. The van der Waals surface area contributed by atoms with Crippen molar-refractivity contribution in [2.75, 3.05) is 52.1 Å². The Morgan fingerprint density at radius 2 is 1.83 bits per heavy atom. The number of piperazine rings is 1. The Morgan fingerprint density at radius 3 is 2.57 bits per heavy atom. The molecule has 1 atom stereocenters. The van der Waals surface area contributed by atoms with E-state index in [0.29, 0.717) is 22.3 Å². The zero-order valence-electron chi connectivity index (χ0n) is 20.7. The largest absolute Gasteiger partial charge is 0.494 e. The van der Waals surface area contributed by atoms with Gasteiger partial charge >= 0.3 is 0 Å². The molecule has 0 spiro atoms. The zero-order chi connectivity index (χ0) is 24.8. The van der Waals surface area contributed by atoms with Gasteiger partial charge in [0.25, 0.3) is 0 Å². The van der Waals surface area contributed by atoms with Crippen molar-refractivity contribution in [3.63, 3.8) is 0 Å². The predicted octanol–water partition coefficient (Wildman–Crippen LogP) is 4.88. The van der Waals surface area contributed by atoms with Crippen molar-refractivity contribution in [1.29, 1.82) is 0 Å². The van der Waals surface area contributed by atoms with Crippen LogP contribution in [0.5, 0.6) is 5.75 Å². The molecule has 4 rings (SSSR count). The smallest absolute Gasteiger partial charge is 0.178 e. The fraction of sp³-hybridized carbons (Fsp3) is 0.481. The van der Waals surface area contributed by atoms with E-state index >= 15 is 0 Å². The molecule has 6 nitrogen and oxygen atoms in total. The summed E-state index contributed by atoms with van der Waals surface area (Å²) in [6.07, 6.45) is 4.54. The van der Waals surface area contributed by atoms with Crippen LogP contribution in [0.1, 0.15) is 25.3 Å². The van der Waals surface area contributed by atoms with Crippen LogP contribution in [0.3, 0.4) is 0 Å². The third kappa shape index (κ3) is 7.23. The summed E-state index contributed by atoms with van der Waals surface area (Å²) in [7, 11) is -1.20. The van der Waals surface area contributed by atoms with Gasteiger partial charge in [0.05, 0.1) is 17.3 Å². The molecule has 2 heterocycles. The van der Waals surface area contributed by atoms with Gasteiger partial charge in [-0.05, 0) is 80.3 Å². The number of aryl methyl sites for hydroxylation is 1. The summed E-state index contributed by atoms with van der Waals surface area (Å²) in [5, 5.41) is 1.81. The van der Waals surface area contributed by atoms with Crippen LogP contribution < -0.4 is 4.74 Å². The molecule has 35 heavy (non-hydrogen) atoms. The Bertz CT molecular complexity index is 1200. The highest BCUT2D eigenvalue weighted by molar-refractivity contribution is 7.91. The van der Waals surface area contributed by atoms with Gasteiger partial charge in [-0.15, -0.1) is 0 Å². The SMILES string of the molecule is CC(CCc1c[nH]c2ccc(Cl)cc12)CS(=O)(=O)c1ccc(OCCCN2CCN(C)CC2)cc1. The number of aromatic amines is 1. The summed E-state index contributed by atoms with van der Waals surface area (Å²) in [6.45, 7) is 8.12. The quantitative estimate of drug-likeness (QED) is 0.367. The van der Waals surface area contributed by atoms with E-state index in [1.807, 2.05) is 31.3 Å². The van der Waals surface area contributed by atoms with Crippen molar-refractivity contribution in [1.82, 2.24) is 14.8 Å². The molecule has 0 amide bonds. The van der Waals surface area contributed by atoms with Crippen molar-refractivity contribution < 1.29 is 13.2 Å². The highest BCUT2D eigenvalue weighted by atomic mass is 35.5. The number of sulfone groups is 1. The number of aromatic nitrogens is 1. The van der Waals surface area contributed by atoms with E-state index in [-0.39, 0.29) is 11.7 Å². The summed E-state index contributed by atoms with van der Waals surface area (Å²) < 4.78 is 31.8. The zero-order valence-corrected chi connectivity index (χ0v) is 22.2. The molecule has 1 unspecified atom stereocenters. The van der Waals surface area contributed by atoms with Crippen LogP contribution in [0.25, 0.3) is 10.9 Å². The topological polar surface area (TPSA) is 65.6 Å². The minimum absolute atomic E-state index is 0.0367. The third-order valence-corrected chi connectivity index (χ3v) is 9.04. The molecule has 0 aliphatic carbocycles. The van der Waals surface area contributed by atoms with E-state index in [0.717, 1.165) is 62.9 Å². The van der Waals surface area contributed by atoms with Gasteiger partial charge in [-0.1, -0.05) is 18.5 Å². The molecular formula is C27H36ClN3O3S. The van der Waals surface area contributed by atoms with E-state index in [1.54, 1.807) is 24.3 Å². The number of likely N-dealkylation sites (N-methyl/N-ethyl adjacent to an activating group) is 1. The van der Waals surface area contributed by atoms with Crippen molar-refractivity contribution in [2.45, 2.75) is 31.1 Å². The van der Waals surface area contributed by atoms with Gasteiger partial charge in [-0.3, -0.25) is 0 Å². The first-order valence-corrected chi connectivity index (χ1v) is 14.5. The molecule has 8 heteroatoms. The number of ether oxygens (including phenoxy) is 1. The van der Waals surface area contributed by atoms with Gasteiger partial charge in [0.2, 0.25) is 0 Å². The highest BCUT2D eigenvalue weighted by Crippen LogP contribution is 2.25. The highest BCUT2D eigenvalue weighted by Gasteiger charge is 2.19. The second-order valence-corrected chi connectivity index (χ2v) is 12.2. The minimum atomic E-state index is -3.36. The maximum absolute atomic E-state index is 13.0.